The number of esters is 1. The Balaban J connectivity index is 2.93. The standard InChI is InChI=1S/C15H16ClFN2O5/c1-4-24-14(22)7(2)8(3)18-15(23)19-12-5-9(13(20)21)10(16)6-11(12)17/h5-6H,4H2,1-3H3,(H,20,21)(H2,18,19,23)/b8-7+. The Morgan fingerprint density at radius 2 is 1.92 bits per heavy atom. The monoisotopic (exact) mass is 358 g/mol. The number of carboxylic acids is 1. The Morgan fingerprint density at radius 3 is 2.46 bits per heavy atom. The second-order valence-corrected chi connectivity index (χ2v) is 5.07. The molecule has 0 atom stereocenters. The maximum absolute atomic E-state index is 13.8. The number of hydrogen-bond acceptors (Lipinski definition) is 4. The Kier molecular flexibility index (Phi) is 6.72. The van der Waals surface area contributed by atoms with Crippen LogP contribution in [0.3, 0.4) is 0 Å². The topological polar surface area (TPSA) is 105 Å². The van der Waals surface area contributed by atoms with Crippen LogP contribution in [-0.2, 0) is 9.53 Å². The molecule has 7 nitrogen and oxygen atoms in total. The number of hydrogen-bond donors (Lipinski definition) is 3. The molecule has 0 fully saturated rings. The van der Waals surface area contributed by atoms with Crippen LogP contribution in [0.25, 0.3) is 0 Å². The second-order valence-electron chi connectivity index (χ2n) is 4.67. The van der Waals surface area contributed by atoms with E-state index in [9.17, 15) is 18.8 Å². The third-order valence-electron chi connectivity index (χ3n) is 2.98. The van der Waals surface area contributed by atoms with Gasteiger partial charge in [-0.2, -0.15) is 0 Å². The van der Waals surface area contributed by atoms with Crippen molar-refractivity contribution in [3.63, 3.8) is 0 Å². The van der Waals surface area contributed by atoms with E-state index in [4.69, 9.17) is 21.4 Å². The smallest absolute Gasteiger partial charge is 0.337 e. The molecule has 0 aliphatic rings. The van der Waals surface area contributed by atoms with Crippen molar-refractivity contribution in [1.82, 2.24) is 5.32 Å². The molecule has 9 heteroatoms. The average molecular weight is 359 g/mol. The van der Waals surface area contributed by atoms with Crippen molar-refractivity contribution in [2.24, 2.45) is 0 Å². The highest BCUT2D eigenvalue weighted by Gasteiger charge is 2.16. The van der Waals surface area contributed by atoms with Gasteiger partial charge in [-0.3, -0.25) is 0 Å². The summed E-state index contributed by atoms with van der Waals surface area (Å²) in [6, 6.07) is 0.831. The van der Waals surface area contributed by atoms with E-state index in [-0.39, 0.29) is 34.2 Å². The molecule has 0 aliphatic carbocycles. The van der Waals surface area contributed by atoms with Gasteiger partial charge in [-0.1, -0.05) is 11.6 Å². The number of carbonyl (C=O) groups is 3. The number of amides is 2. The average Bonchev–Trinajstić information content (AvgIpc) is 2.48. The largest absolute Gasteiger partial charge is 0.478 e. The summed E-state index contributed by atoms with van der Waals surface area (Å²) in [5.41, 5.74) is -0.340. The van der Waals surface area contributed by atoms with Gasteiger partial charge in [-0.05, 0) is 32.9 Å². The molecule has 0 saturated carbocycles. The minimum absolute atomic E-state index is 0.176. The maximum atomic E-state index is 13.8. The van der Waals surface area contributed by atoms with E-state index in [2.05, 4.69) is 10.6 Å². The molecule has 1 rings (SSSR count). The number of urea groups is 1. The summed E-state index contributed by atoms with van der Waals surface area (Å²) in [6.07, 6.45) is 0. The zero-order chi connectivity index (χ0) is 18.4. The molecule has 0 spiro atoms. The van der Waals surface area contributed by atoms with E-state index in [1.54, 1.807) is 6.92 Å². The Labute approximate surface area is 142 Å². The number of anilines is 1. The van der Waals surface area contributed by atoms with Crippen LogP contribution in [0.2, 0.25) is 5.02 Å². The first-order valence-electron chi connectivity index (χ1n) is 6.82. The van der Waals surface area contributed by atoms with Crippen molar-refractivity contribution < 1.29 is 28.6 Å². The molecule has 0 heterocycles. The number of ether oxygens (including phenoxy) is 1. The third-order valence-corrected chi connectivity index (χ3v) is 3.29. The number of allylic oxidation sites excluding steroid dienone is 1. The summed E-state index contributed by atoms with van der Waals surface area (Å²) in [5.74, 6) is -2.86. The molecule has 0 unspecified atom stereocenters. The highest BCUT2D eigenvalue weighted by Crippen LogP contribution is 2.24. The predicted octanol–water partition coefficient (Wildman–Crippen LogP) is 3.16. The summed E-state index contributed by atoms with van der Waals surface area (Å²) < 4.78 is 18.6. The van der Waals surface area contributed by atoms with Crippen LogP contribution in [0.5, 0.6) is 0 Å². The first-order valence-corrected chi connectivity index (χ1v) is 7.20. The van der Waals surface area contributed by atoms with Crippen LogP contribution >= 0.6 is 11.6 Å². The summed E-state index contributed by atoms with van der Waals surface area (Å²) >= 11 is 5.62. The van der Waals surface area contributed by atoms with Crippen molar-refractivity contribution in [1.29, 1.82) is 0 Å². The van der Waals surface area contributed by atoms with Gasteiger partial charge in [0.2, 0.25) is 0 Å². The molecule has 0 bridgehead atoms. The molecule has 1 aromatic carbocycles. The molecule has 0 radical (unpaired) electrons. The SMILES string of the molecule is CCOC(=O)/C(C)=C(\C)NC(=O)Nc1cc(C(=O)O)c(Cl)cc1F. The van der Waals surface area contributed by atoms with E-state index in [1.165, 1.54) is 13.8 Å². The summed E-state index contributed by atoms with van der Waals surface area (Å²) in [5, 5.41) is 13.2. The van der Waals surface area contributed by atoms with Crippen LogP contribution in [0, 0.1) is 5.82 Å². The molecule has 24 heavy (non-hydrogen) atoms. The number of carbonyl (C=O) groups excluding carboxylic acids is 2. The first kappa shape index (κ1) is 19.4. The van der Waals surface area contributed by atoms with Gasteiger partial charge in [0.25, 0.3) is 0 Å². The van der Waals surface area contributed by atoms with Crippen LogP contribution in [-0.4, -0.2) is 29.7 Å². The molecule has 130 valence electrons. The first-order chi connectivity index (χ1) is 11.2. The fourth-order valence-electron chi connectivity index (χ4n) is 1.62. The van der Waals surface area contributed by atoms with Crippen molar-refractivity contribution in [3.8, 4) is 0 Å². The van der Waals surface area contributed by atoms with E-state index < -0.39 is 23.8 Å². The minimum atomic E-state index is -1.36. The zero-order valence-corrected chi connectivity index (χ0v) is 14.0. The van der Waals surface area contributed by atoms with E-state index in [0.29, 0.717) is 0 Å². The molecule has 3 N–H and O–H groups in total. The van der Waals surface area contributed by atoms with Crippen molar-refractivity contribution in [2.45, 2.75) is 20.8 Å². The summed E-state index contributed by atoms with van der Waals surface area (Å²) in [4.78, 5) is 34.4. The van der Waals surface area contributed by atoms with Crippen molar-refractivity contribution in [2.75, 3.05) is 11.9 Å². The number of benzene rings is 1. The van der Waals surface area contributed by atoms with Gasteiger partial charge in [0.15, 0.2) is 0 Å². The lowest BCUT2D eigenvalue weighted by atomic mass is 10.2. The maximum Gasteiger partial charge on any atom is 0.337 e. The van der Waals surface area contributed by atoms with Gasteiger partial charge in [-0.25, -0.2) is 18.8 Å². The fraction of sp³-hybridized carbons (Fsp3) is 0.267. The molecule has 1 aromatic rings. The van der Waals surface area contributed by atoms with Gasteiger partial charge in [0.05, 0.1) is 28.5 Å². The molecule has 0 aromatic heterocycles. The second kappa shape index (κ2) is 8.30. The van der Waals surface area contributed by atoms with E-state index in [0.717, 1.165) is 12.1 Å². The van der Waals surface area contributed by atoms with Gasteiger partial charge < -0.3 is 20.5 Å². The normalized spacial score (nSPS) is 11.4. The van der Waals surface area contributed by atoms with E-state index in [1.807, 2.05) is 0 Å². The molecular formula is C15H16ClFN2O5. The number of halogens is 2. The van der Waals surface area contributed by atoms with Crippen LogP contribution in [0.1, 0.15) is 31.1 Å². The quantitative estimate of drug-likeness (QED) is 0.554. The van der Waals surface area contributed by atoms with E-state index >= 15 is 0 Å². The Morgan fingerprint density at radius 1 is 1.29 bits per heavy atom. The Hall–Kier alpha value is -2.61. The molecule has 0 saturated heterocycles. The van der Waals surface area contributed by atoms with Crippen LogP contribution in [0.15, 0.2) is 23.4 Å². The van der Waals surface area contributed by atoms with Gasteiger partial charge in [-0.15, -0.1) is 0 Å². The zero-order valence-electron chi connectivity index (χ0n) is 13.2. The number of aromatic carboxylic acids is 1. The molecule has 0 aliphatic heterocycles. The van der Waals surface area contributed by atoms with Crippen LogP contribution < -0.4 is 10.6 Å². The highest BCUT2D eigenvalue weighted by atomic mass is 35.5. The highest BCUT2D eigenvalue weighted by molar-refractivity contribution is 6.33. The number of rotatable bonds is 5. The molecule has 2 amide bonds. The Bertz CT molecular complexity index is 718. The number of carboxylic acid groups (broad SMARTS) is 1. The third kappa shape index (κ3) is 4.95. The van der Waals surface area contributed by atoms with Gasteiger partial charge >= 0.3 is 18.0 Å². The minimum Gasteiger partial charge on any atom is -0.478 e. The number of nitrogens with one attached hydrogen (secondary N) is 2. The summed E-state index contributed by atoms with van der Waals surface area (Å²) in [6.45, 7) is 4.75. The van der Waals surface area contributed by atoms with Gasteiger partial charge in [0.1, 0.15) is 5.82 Å². The fourth-order valence-corrected chi connectivity index (χ4v) is 1.85. The van der Waals surface area contributed by atoms with Crippen LogP contribution in [0.4, 0.5) is 14.9 Å². The lowest BCUT2D eigenvalue weighted by Crippen LogP contribution is -2.29. The lowest BCUT2D eigenvalue weighted by Gasteiger charge is -2.12. The van der Waals surface area contributed by atoms with Crippen molar-refractivity contribution >= 4 is 35.3 Å². The summed E-state index contributed by atoms with van der Waals surface area (Å²) in [7, 11) is 0. The van der Waals surface area contributed by atoms with Gasteiger partial charge in [0, 0.05) is 5.70 Å². The lowest BCUT2D eigenvalue weighted by molar-refractivity contribution is -0.138. The molecular weight excluding hydrogens is 343 g/mol. The predicted molar refractivity (Wildman–Crippen MR) is 85.5 cm³/mol. The van der Waals surface area contributed by atoms with Crippen molar-refractivity contribution in [3.05, 3.63) is 39.8 Å².